The van der Waals surface area contributed by atoms with Gasteiger partial charge in [0.15, 0.2) is 5.88 Å². The Balaban J connectivity index is 2.81. The van der Waals surface area contributed by atoms with E-state index in [1.807, 2.05) is 25.1 Å². The average molecular weight is 296 g/mol. The van der Waals surface area contributed by atoms with E-state index in [1.165, 1.54) is 13.2 Å². The van der Waals surface area contributed by atoms with Gasteiger partial charge in [-0.2, -0.15) is 0 Å². The van der Waals surface area contributed by atoms with Gasteiger partial charge in [0.2, 0.25) is 0 Å². The molecule has 0 aliphatic heterocycles. The number of aromatic nitrogens is 1. The number of halogens is 1. The first-order valence-electron chi connectivity index (χ1n) is 4.92. The number of hydrogen-bond donors (Lipinski definition) is 2. The van der Waals surface area contributed by atoms with Crippen molar-refractivity contribution in [3.8, 4) is 0 Å². The monoisotopic (exact) mass is 295 g/mol. The Morgan fingerprint density at radius 2 is 2.29 bits per heavy atom. The molecule has 0 atom stereocenters. The van der Waals surface area contributed by atoms with Gasteiger partial charge in [-0.1, -0.05) is 12.6 Å². The highest BCUT2D eigenvalue weighted by molar-refractivity contribution is 9.18. The molecule has 0 saturated carbocycles. The zero-order valence-corrected chi connectivity index (χ0v) is 11.3. The van der Waals surface area contributed by atoms with Crippen LogP contribution < -0.4 is 5.32 Å². The summed E-state index contributed by atoms with van der Waals surface area (Å²) in [6, 6.07) is 5.68. The van der Waals surface area contributed by atoms with Crippen molar-refractivity contribution in [1.82, 2.24) is 10.3 Å². The summed E-state index contributed by atoms with van der Waals surface area (Å²) in [7, 11) is 1.52. The topological polar surface area (TPSA) is 58.0 Å². The van der Waals surface area contributed by atoms with Crippen molar-refractivity contribution in [3.63, 3.8) is 0 Å². The molecule has 0 aliphatic rings. The molecular weight excluding hydrogens is 282 g/mol. The number of ether oxygens (including phenoxy) is 1. The molecule has 0 amide bonds. The molecule has 0 bridgehead atoms. The van der Waals surface area contributed by atoms with Gasteiger partial charge in [-0.15, -0.1) is 0 Å². The molecule has 2 N–H and O–H groups in total. The maximum Gasteiger partial charge on any atom is 0.193 e. The summed E-state index contributed by atoms with van der Waals surface area (Å²) in [5.74, 6) is 0.431. The zero-order chi connectivity index (χ0) is 12.8. The van der Waals surface area contributed by atoms with Gasteiger partial charge in [-0.25, -0.2) is 0 Å². The Morgan fingerprint density at radius 3 is 2.82 bits per heavy atom. The van der Waals surface area contributed by atoms with Crippen molar-refractivity contribution in [2.45, 2.75) is 6.92 Å². The van der Waals surface area contributed by atoms with Gasteiger partial charge >= 0.3 is 0 Å². The van der Waals surface area contributed by atoms with E-state index in [1.54, 1.807) is 0 Å². The molecule has 0 spiro atoms. The minimum atomic E-state index is 0.215. The first-order valence-corrected chi connectivity index (χ1v) is 5.72. The van der Waals surface area contributed by atoms with Crippen molar-refractivity contribution in [1.29, 1.82) is 5.41 Å². The molecule has 0 radical (unpaired) electrons. The van der Waals surface area contributed by atoms with E-state index in [2.05, 4.69) is 32.8 Å². The average Bonchev–Trinajstić information content (AvgIpc) is 2.27. The second-order valence-corrected chi connectivity index (χ2v) is 4.18. The van der Waals surface area contributed by atoms with Gasteiger partial charge in [0, 0.05) is 11.8 Å². The Kier molecular flexibility index (Phi) is 4.90. The maximum atomic E-state index is 7.29. The number of pyridine rings is 1. The van der Waals surface area contributed by atoms with Crippen molar-refractivity contribution in [2.24, 2.45) is 0 Å². The molecule has 1 heterocycles. The first-order chi connectivity index (χ1) is 8.02. The summed E-state index contributed by atoms with van der Waals surface area (Å²) in [4.78, 5) is 4.33. The molecule has 0 unspecified atom stereocenters. The standard InChI is InChI=1S/C12H14BrN3O/c1-8-5-4-6-10(15-8)9(2)16-12(17-3)7-11(13)14/h4-7,14,16H,2H2,1,3H3. The lowest BCUT2D eigenvalue weighted by molar-refractivity contribution is 0.274. The van der Waals surface area contributed by atoms with E-state index in [-0.39, 0.29) is 4.62 Å². The predicted octanol–water partition coefficient (Wildman–Crippen LogP) is 2.81. The summed E-state index contributed by atoms with van der Waals surface area (Å²) in [5, 5.41) is 10.2. The fourth-order valence-corrected chi connectivity index (χ4v) is 1.39. The van der Waals surface area contributed by atoms with Gasteiger partial charge in [-0.3, -0.25) is 10.4 Å². The third-order valence-corrected chi connectivity index (χ3v) is 2.18. The lowest BCUT2D eigenvalue weighted by Gasteiger charge is -2.11. The summed E-state index contributed by atoms with van der Waals surface area (Å²) < 4.78 is 5.29. The van der Waals surface area contributed by atoms with E-state index < -0.39 is 0 Å². The van der Waals surface area contributed by atoms with Crippen LogP contribution in [0.25, 0.3) is 5.70 Å². The van der Waals surface area contributed by atoms with Crippen LogP contribution in [-0.2, 0) is 4.74 Å². The van der Waals surface area contributed by atoms with Crippen LogP contribution in [-0.4, -0.2) is 16.7 Å². The number of nitrogens with zero attached hydrogens (tertiary/aromatic N) is 1. The predicted molar refractivity (Wildman–Crippen MR) is 72.9 cm³/mol. The summed E-state index contributed by atoms with van der Waals surface area (Å²) in [6.45, 7) is 5.80. The van der Waals surface area contributed by atoms with E-state index in [9.17, 15) is 0 Å². The number of hydrogen-bond acceptors (Lipinski definition) is 4. The Labute approximate surface area is 109 Å². The number of methoxy groups -OCH3 is 1. The maximum absolute atomic E-state index is 7.29. The van der Waals surface area contributed by atoms with Crippen LogP contribution in [0, 0.1) is 12.3 Å². The molecule has 0 aromatic carbocycles. The van der Waals surface area contributed by atoms with E-state index in [0.29, 0.717) is 11.6 Å². The second kappa shape index (κ2) is 6.20. The van der Waals surface area contributed by atoms with E-state index in [0.717, 1.165) is 11.4 Å². The largest absolute Gasteiger partial charge is 0.482 e. The Hall–Kier alpha value is -1.62. The molecule has 1 aromatic heterocycles. The normalized spacial score (nSPS) is 10.9. The lowest BCUT2D eigenvalue weighted by atomic mass is 10.2. The highest BCUT2D eigenvalue weighted by Gasteiger charge is 2.03. The van der Waals surface area contributed by atoms with Gasteiger partial charge in [0.1, 0.15) is 4.62 Å². The van der Waals surface area contributed by atoms with E-state index in [4.69, 9.17) is 10.1 Å². The highest BCUT2D eigenvalue weighted by atomic mass is 79.9. The molecule has 0 fully saturated rings. The fourth-order valence-electron chi connectivity index (χ4n) is 1.19. The number of rotatable bonds is 5. The zero-order valence-electron chi connectivity index (χ0n) is 9.75. The van der Waals surface area contributed by atoms with Crippen LogP contribution in [0.4, 0.5) is 0 Å². The number of aryl methyl sites for hydroxylation is 1. The summed E-state index contributed by atoms with van der Waals surface area (Å²) in [6.07, 6.45) is 1.50. The smallest absolute Gasteiger partial charge is 0.193 e. The first kappa shape index (κ1) is 13.4. The third-order valence-electron chi connectivity index (χ3n) is 1.95. The molecular formula is C12H14BrN3O. The van der Waals surface area contributed by atoms with Gasteiger partial charge in [0.25, 0.3) is 0 Å². The van der Waals surface area contributed by atoms with Crippen molar-refractivity contribution >= 4 is 26.2 Å². The molecule has 17 heavy (non-hydrogen) atoms. The quantitative estimate of drug-likeness (QED) is 0.649. The van der Waals surface area contributed by atoms with Crippen molar-refractivity contribution in [2.75, 3.05) is 7.11 Å². The third kappa shape index (κ3) is 4.40. The SMILES string of the molecule is C=C(NC(=CC(=N)Br)OC)c1cccc(C)n1. The van der Waals surface area contributed by atoms with Crippen LogP contribution in [0.1, 0.15) is 11.4 Å². The fraction of sp³-hybridized carbons (Fsp3) is 0.167. The van der Waals surface area contributed by atoms with Gasteiger partial charge in [0.05, 0.1) is 18.5 Å². The van der Waals surface area contributed by atoms with Crippen LogP contribution in [0.3, 0.4) is 0 Å². The molecule has 0 saturated heterocycles. The van der Waals surface area contributed by atoms with Gasteiger partial charge < -0.3 is 10.1 Å². The lowest BCUT2D eigenvalue weighted by Crippen LogP contribution is -2.14. The molecule has 5 heteroatoms. The van der Waals surface area contributed by atoms with E-state index >= 15 is 0 Å². The minimum absolute atomic E-state index is 0.215. The minimum Gasteiger partial charge on any atom is -0.482 e. The second-order valence-electron chi connectivity index (χ2n) is 3.33. The molecule has 1 rings (SSSR count). The molecule has 90 valence electrons. The summed E-state index contributed by atoms with van der Waals surface area (Å²) >= 11 is 3.02. The highest BCUT2D eigenvalue weighted by Crippen LogP contribution is 2.09. The van der Waals surface area contributed by atoms with Crippen LogP contribution in [0.5, 0.6) is 0 Å². The number of allylic oxidation sites excluding steroid dienone is 1. The van der Waals surface area contributed by atoms with Crippen molar-refractivity contribution in [3.05, 3.63) is 48.1 Å². The van der Waals surface area contributed by atoms with Crippen molar-refractivity contribution < 1.29 is 4.74 Å². The summed E-state index contributed by atoms with van der Waals surface area (Å²) in [5.41, 5.74) is 2.28. The number of nitrogens with one attached hydrogen (secondary N) is 2. The molecule has 0 aliphatic carbocycles. The van der Waals surface area contributed by atoms with Crippen LogP contribution in [0.2, 0.25) is 0 Å². The molecule has 1 aromatic rings. The van der Waals surface area contributed by atoms with Crippen LogP contribution >= 0.6 is 15.9 Å². The van der Waals surface area contributed by atoms with Crippen LogP contribution in [0.15, 0.2) is 36.7 Å². The Morgan fingerprint density at radius 1 is 1.59 bits per heavy atom. The van der Waals surface area contributed by atoms with Gasteiger partial charge in [-0.05, 0) is 35.0 Å². The molecule has 4 nitrogen and oxygen atoms in total. The Bertz CT molecular complexity index is 469.